The molecule has 86 valence electrons. The number of nitrogens with one attached hydrogen (secondary N) is 1. The maximum absolute atomic E-state index is 4.21. The summed E-state index contributed by atoms with van der Waals surface area (Å²) in [4.78, 5) is 4.21. The fourth-order valence-electron chi connectivity index (χ4n) is 1.46. The van der Waals surface area contributed by atoms with Crippen LogP contribution in [0.1, 0.15) is 40.3 Å². The quantitative estimate of drug-likeness (QED) is 0.825. The minimum atomic E-state index is 0.299. The first-order chi connectivity index (χ1) is 6.88. The molecule has 0 atom stereocenters. The third kappa shape index (κ3) is 4.47. The molecule has 0 saturated carbocycles. The molecule has 0 bridgehead atoms. The molecule has 1 N–H and O–H groups in total. The molecule has 0 amide bonds. The van der Waals surface area contributed by atoms with E-state index in [0.717, 1.165) is 13.1 Å². The van der Waals surface area contributed by atoms with Crippen LogP contribution >= 0.6 is 0 Å². The lowest BCUT2D eigenvalue weighted by molar-refractivity contribution is 0.336. The normalized spacial score (nSPS) is 12.4. The molecule has 0 saturated heterocycles. The second kappa shape index (κ2) is 4.79. The van der Waals surface area contributed by atoms with E-state index in [9.17, 15) is 0 Å². The van der Waals surface area contributed by atoms with Gasteiger partial charge in [0, 0.05) is 25.3 Å². The van der Waals surface area contributed by atoms with Gasteiger partial charge in [-0.2, -0.15) is 0 Å². The fourth-order valence-corrected chi connectivity index (χ4v) is 1.46. The Morgan fingerprint density at radius 1 is 1.40 bits per heavy atom. The molecule has 1 rings (SSSR count). The second-order valence-corrected chi connectivity index (χ2v) is 5.61. The molecule has 15 heavy (non-hydrogen) atoms. The van der Waals surface area contributed by atoms with Gasteiger partial charge in [0.1, 0.15) is 0 Å². The van der Waals surface area contributed by atoms with Crippen LogP contribution in [-0.4, -0.2) is 15.6 Å². The molecule has 3 heteroatoms. The summed E-state index contributed by atoms with van der Waals surface area (Å²) in [6.45, 7) is 13.0. The van der Waals surface area contributed by atoms with Crippen molar-refractivity contribution in [1.82, 2.24) is 14.9 Å². The highest BCUT2D eigenvalue weighted by atomic mass is 15.1. The van der Waals surface area contributed by atoms with Crippen molar-refractivity contribution >= 4 is 0 Å². The Bertz CT molecular complexity index is 294. The molecular formula is C12H23N3. The molecule has 0 fully saturated rings. The van der Waals surface area contributed by atoms with E-state index >= 15 is 0 Å². The van der Waals surface area contributed by atoms with Gasteiger partial charge in [0.15, 0.2) is 0 Å². The highest BCUT2D eigenvalue weighted by Crippen LogP contribution is 2.17. The standard InChI is InChI=1S/C12H23N3/c1-10(2)14-7-11-6-13-9-15(11)8-12(3,4)5/h6,9-10,14H,7-8H2,1-5H3. The topological polar surface area (TPSA) is 29.9 Å². The van der Waals surface area contributed by atoms with Crippen molar-refractivity contribution in [2.75, 3.05) is 0 Å². The van der Waals surface area contributed by atoms with Crippen LogP contribution in [0.15, 0.2) is 12.5 Å². The van der Waals surface area contributed by atoms with Crippen molar-refractivity contribution in [3.63, 3.8) is 0 Å². The maximum Gasteiger partial charge on any atom is 0.0948 e. The molecule has 3 nitrogen and oxygen atoms in total. The summed E-state index contributed by atoms with van der Waals surface area (Å²) >= 11 is 0. The van der Waals surface area contributed by atoms with Crippen LogP contribution in [0.3, 0.4) is 0 Å². The minimum Gasteiger partial charge on any atom is -0.333 e. The van der Waals surface area contributed by atoms with Gasteiger partial charge in [0.25, 0.3) is 0 Å². The molecule has 0 aromatic carbocycles. The van der Waals surface area contributed by atoms with Gasteiger partial charge in [-0.1, -0.05) is 34.6 Å². The zero-order valence-corrected chi connectivity index (χ0v) is 10.5. The summed E-state index contributed by atoms with van der Waals surface area (Å²) in [6, 6.07) is 0.517. The molecule has 1 aromatic rings. The molecule has 1 heterocycles. The van der Waals surface area contributed by atoms with Crippen molar-refractivity contribution < 1.29 is 0 Å². The monoisotopic (exact) mass is 209 g/mol. The van der Waals surface area contributed by atoms with E-state index < -0.39 is 0 Å². The third-order valence-corrected chi connectivity index (χ3v) is 2.13. The zero-order chi connectivity index (χ0) is 11.5. The van der Waals surface area contributed by atoms with Crippen LogP contribution in [0, 0.1) is 5.41 Å². The molecule has 0 radical (unpaired) electrons. The molecule has 0 spiro atoms. The van der Waals surface area contributed by atoms with Gasteiger partial charge in [-0.15, -0.1) is 0 Å². The lowest BCUT2D eigenvalue weighted by Gasteiger charge is -2.21. The lowest BCUT2D eigenvalue weighted by atomic mass is 9.97. The first-order valence-electron chi connectivity index (χ1n) is 5.61. The summed E-state index contributed by atoms with van der Waals surface area (Å²) in [5.41, 5.74) is 1.56. The summed E-state index contributed by atoms with van der Waals surface area (Å²) in [5, 5.41) is 3.41. The van der Waals surface area contributed by atoms with Gasteiger partial charge < -0.3 is 9.88 Å². The average Bonchev–Trinajstić information content (AvgIpc) is 2.45. The minimum absolute atomic E-state index is 0.299. The van der Waals surface area contributed by atoms with E-state index in [0.29, 0.717) is 11.5 Å². The SMILES string of the molecule is CC(C)NCc1cncn1CC(C)(C)C. The van der Waals surface area contributed by atoms with E-state index in [1.54, 1.807) is 0 Å². The predicted molar refractivity (Wildman–Crippen MR) is 63.7 cm³/mol. The van der Waals surface area contributed by atoms with Crippen LogP contribution < -0.4 is 5.32 Å². The van der Waals surface area contributed by atoms with Gasteiger partial charge in [-0.25, -0.2) is 4.98 Å². The smallest absolute Gasteiger partial charge is 0.0948 e. The second-order valence-electron chi connectivity index (χ2n) is 5.61. The number of hydrogen-bond acceptors (Lipinski definition) is 2. The van der Waals surface area contributed by atoms with Crippen molar-refractivity contribution in [2.24, 2.45) is 5.41 Å². The van der Waals surface area contributed by atoms with E-state index in [4.69, 9.17) is 0 Å². The summed E-state index contributed by atoms with van der Waals surface area (Å²) < 4.78 is 2.23. The average molecular weight is 209 g/mol. The van der Waals surface area contributed by atoms with Crippen LogP contribution in [0.25, 0.3) is 0 Å². The number of rotatable bonds is 4. The molecule has 0 aliphatic carbocycles. The van der Waals surface area contributed by atoms with Crippen molar-refractivity contribution in [2.45, 2.75) is 53.8 Å². The summed E-state index contributed by atoms with van der Waals surface area (Å²) in [5.74, 6) is 0. The van der Waals surface area contributed by atoms with Crippen molar-refractivity contribution in [1.29, 1.82) is 0 Å². The Morgan fingerprint density at radius 2 is 2.07 bits per heavy atom. The van der Waals surface area contributed by atoms with Gasteiger partial charge in [-0.05, 0) is 5.41 Å². The largest absolute Gasteiger partial charge is 0.333 e. The molecule has 0 unspecified atom stereocenters. The number of nitrogens with zero attached hydrogens (tertiary/aromatic N) is 2. The Balaban J connectivity index is 2.61. The zero-order valence-electron chi connectivity index (χ0n) is 10.5. The Kier molecular flexibility index (Phi) is 3.91. The molecular weight excluding hydrogens is 186 g/mol. The first-order valence-corrected chi connectivity index (χ1v) is 5.61. The van der Waals surface area contributed by atoms with Crippen LogP contribution in [0.4, 0.5) is 0 Å². The highest BCUT2D eigenvalue weighted by molar-refractivity contribution is 4.98. The Labute approximate surface area is 92.9 Å². The Morgan fingerprint density at radius 3 is 2.60 bits per heavy atom. The van der Waals surface area contributed by atoms with Crippen molar-refractivity contribution in [3.05, 3.63) is 18.2 Å². The lowest BCUT2D eigenvalue weighted by Crippen LogP contribution is -2.25. The molecule has 0 aliphatic heterocycles. The van der Waals surface area contributed by atoms with E-state index in [1.807, 2.05) is 12.5 Å². The number of imidazole rings is 1. The van der Waals surface area contributed by atoms with E-state index in [1.165, 1.54) is 5.69 Å². The third-order valence-electron chi connectivity index (χ3n) is 2.13. The predicted octanol–water partition coefficient (Wildman–Crippen LogP) is 2.43. The van der Waals surface area contributed by atoms with Gasteiger partial charge in [0.2, 0.25) is 0 Å². The summed E-state index contributed by atoms with van der Waals surface area (Å²) in [6.07, 6.45) is 3.86. The van der Waals surface area contributed by atoms with Gasteiger partial charge in [0.05, 0.1) is 12.0 Å². The van der Waals surface area contributed by atoms with Crippen LogP contribution in [0.5, 0.6) is 0 Å². The van der Waals surface area contributed by atoms with E-state index in [-0.39, 0.29) is 0 Å². The van der Waals surface area contributed by atoms with E-state index in [2.05, 4.69) is 49.5 Å². The first kappa shape index (κ1) is 12.2. The molecule has 0 aliphatic rings. The fraction of sp³-hybridized carbons (Fsp3) is 0.750. The molecule has 1 aromatic heterocycles. The van der Waals surface area contributed by atoms with Gasteiger partial charge >= 0.3 is 0 Å². The van der Waals surface area contributed by atoms with Crippen molar-refractivity contribution in [3.8, 4) is 0 Å². The number of aromatic nitrogens is 2. The maximum atomic E-state index is 4.21. The van der Waals surface area contributed by atoms with Crippen LogP contribution in [0.2, 0.25) is 0 Å². The number of hydrogen-bond donors (Lipinski definition) is 1. The summed E-state index contributed by atoms with van der Waals surface area (Å²) in [7, 11) is 0. The van der Waals surface area contributed by atoms with Crippen LogP contribution in [-0.2, 0) is 13.1 Å². The van der Waals surface area contributed by atoms with Gasteiger partial charge in [-0.3, -0.25) is 0 Å². The Hall–Kier alpha value is -0.830. The highest BCUT2D eigenvalue weighted by Gasteiger charge is 2.13.